The topological polar surface area (TPSA) is 123 Å². The monoisotopic (exact) mass is 628 g/mol. The van der Waals surface area contributed by atoms with Crippen molar-refractivity contribution in [3.8, 4) is 16.9 Å². The lowest BCUT2D eigenvalue weighted by atomic mass is 10.1. The van der Waals surface area contributed by atoms with E-state index in [1.54, 1.807) is 17.0 Å². The minimum absolute atomic E-state index is 0.0605. The summed E-state index contributed by atoms with van der Waals surface area (Å²) in [5.74, 6) is 0.729. The van der Waals surface area contributed by atoms with Crippen molar-refractivity contribution in [1.29, 1.82) is 0 Å². The van der Waals surface area contributed by atoms with Crippen molar-refractivity contribution in [2.45, 2.75) is 70.4 Å². The van der Waals surface area contributed by atoms with E-state index in [1.165, 1.54) is 22.8 Å². The van der Waals surface area contributed by atoms with Gasteiger partial charge in [0.15, 0.2) is 5.65 Å². The number of carbonyl (C=O) groups excluding carboxylic acids is 1. The maximum absolute atomic E-state index is 15.3. The molecule has 0 unspecified atom stereocenters. The van der Waals surface area contributed by atoms with Crippen LogP contribution in [0.1, 0.15) is 68.6 Å². The summed E-state index contributed by atoms with van der Waals surface area (Å²) >= 11 is 6.88. The molecule has 45 heavy (non-hydrogen) atoms. The molecule has 3 aromatic heterocycles. The zero-order chi connectivity index (χ0) is 31.7. The lowest BCUT2D eigenvalue weighted by Gasteiger charge is -2.44. The Bertz CT molecular complexity index is 1900. The number of halogens is 2. The minimum Gasteiger partial charge on any atom is -0.398 e. The second kappa shape index (κ2) is 10.9. The molecule has 1 saturated heterocycles. The number of fused-ring (bicyclic) bond motifs is 1. The number of pyridine rings is 1. The molecule has 4 heterocycles. The van der Waals surface area contributed by atoms with Crippen molar-refractivity contribution in [2.75, 3.05) is 23.7 Å². The van der Waals surface area contributed by atoms with Crippen LogP contribution >= 0.6 is 11.6 Å². The molecule has 0 bridgehead atoms. The van der Waals surface area contributed by atoms with Gasteiger partial charge in [0.2, 0.25) is 5.91 Å². The number of nitrogens with zero attached hydrogens (tertiary/aromatic N) is 7. The number of hydrogen-bond acceptors (Lipinski definition) is 8. The van der Waals surface area contributed by atoms with E-state index in [9.17, 15) is 9.59 Å². The molecule has 10 nitrogen and oxygen atoms in total. The Morgan fingerprint density at radius 2 is 1.71 bits per heavy atom. The zero-order valence-corrected chi connectivity index (χ0v) is 26.2. The van der Waals surface area contributed by atoms with Gasteiger partial charge in [-0.3, -0.25) is 4.79 Å². The van der Waals surface area contributed by atoms with Crippen molar-refractivity contribution < 1.29 is 9.18 Å². The Balaban J connectivity index is 1.52. The van der Waals surface area contributed by atoms with Gasteiger partial charge in [0.25, 0.3) is 0 Å². The molecule has 4 aromatic rings. The summed E-state index contributed by atoms with van der Waals surface area (Å²) in [5, 5.41) is 0.684. The highest BCUT2D eigenvalue weighted by Crippen LogP contribution is 2.48. The fourth-order valence-corrected chi connectivity index (χ4v) is 6.71. The normalized spacial score (nSPS) is 20.1. The van der Waals surface area contributed by atoms with Gasteiger partial charge in [0.05, 0.1) is 38.7 Å². The molecule has 3 fully saturated rings. The summed E-state index contributed by atoms with van der Waals surface area (Å²) in [4.78, 5) is 50.0. The van der Waals surface area contributed by atoms with Crippen LogP contribution in [-0.2, 0) is 4.79 Å². The quantitative estimate of drug-likeness (QED) is 0.226. The Labute approximate surface area is 264 Å². The fraction of sp³-hybridized carbons (Fsp3) is 0.394. The van der Waals surface area contributed by atoms with E-state index in [0.717, 1.165) is 37.1 Å². The van der Waals surface area contributed by atoms with E-state index in [1.807, 2.05) is 25.7 Å². The second-order valence-electron chi connectivity index (χ2n) is 12.4. The van der Waals surface area contributed by atoms with Crippen LogP contribution in [0.4, 0.5) is 15.9 Å². The molecule has 1 amide bonds. The standard InChI is InChI=1S/C33H34ClFN8O2/c1-5-25(44)41-14-17(3)42(15-16(41)2)31-21-13-22(34)29(26-23(35)7-6-8-24(26)36)39-32(21)43(33(45)40-31)30-27(19-9-10-19)37-18(4)38-28(30)20-11-12-20/h5-8,13,16-17,19-20H,1,9-12,14-15,36H2,2-4H3/t16-,17+/m1/s1. The average Bonchev–Trinajstić information content (AvgIpc) is 3.92. The van der Waals surface area contributed by atoms with Crippen molar-refractivity contribution in [2.24, 2.45) is 0 Å². The number of carbonyl (C=O) groups is 1. The number of rotatable bonds is 6. The molecule has 2 saturated carbocycles. The highest BCUT2D eigenvalue weighted by Gasteiger charge is 2.38. The minimum atomic E-state index is -0.576. The van der Waals surface area contributed by atoms with Gasteiger partial charge < -0.3 is 15.5 Å². The molecule has 2 N–H and O–H groups in total. The van der Waals surface area contributed by atoms with Crippen LogP contribution in [0.5, 0.6) is 0 Å². The summed E-state index contributed by atoms with van der Waals surface area (Å²) in [5.41, 5.74) is 8.58. The molecule has 1 aromatic carbocycles. The Morgan fingerprint density at radius 3 is 2.31 bits per heavy atom. The van der Waals surface area contributed by atoms with E-state index >= 15 is 4.39 Å². The van der Waals surface area contributed by atoms with Crippen LogP contribution in [0.2, 0.25) is 5.02 Å². The van der Waals surface area contributed by atoms with E-state index in [0.29, 0.717) is 35.8 Å². The summed E-state index contributed by atoms with van der Waals surface area (Å²) < 4.78 is 16.8. The summed E-state index contributed by atoms with van der Waals surface area (Å²) in [7, 11) is 0. The fourth-order valence-electron chi connectivity index (χ4n) is 6.46. The Hall–Kier alpha value is -4.38. The number of anilines is 2. The maximum Gasteiger partial charge on any atom is 0.355 e. The van der Waals surface area contributed by atoms with Gasteiger partial charge in [-0.1, -0.05) is 24.2 Å². The largest absolute Gasteiger partial charge is 0.398 e. The number of amides is 1. The van der Waals surface area contributed by atoms with Crippen molar-refractivity contribution in [1.82, 2.24) is 29.4 Å². The number of nitrogens with two attached hydrogens (primary N) is 1. The number of nitrogen functional groups attached to an aromatic ring is 1. The van der Waals surface area contributed by atoms with Gasteiger partial charge >= 0.3 is 5.69 Å². The van der Waals surface area contributed by atoms with Gasteiger partial charge in [-0.05, 0) is 70.7 Å². The summed E-state index contributed by atoms with van der Waals surface area (Å²) in [6.45, 7) is 10.3. The molecular weight excluding hydrogens is 595 g/mol. The Morgan fingerprint density at radius 1 is 1.04 bits per heavy atom. The zero-order valence-electron chi connectivity index (χ0n) is 25.4. The second-order valence-corrected chi connectivity index (χ2v) is 12.8. The number of hydrogen-bond donors (Lipinski definition) is 1. The molecular formula is C33H34ClFN8O2. The molecule has 3 aliphatic rings. The first-order valence-corrected chi connectivity index (χ1v) is 15.7. The third kappa shape index (κ3) is 5.03. The molecule has 0 radical (unpaired) electrons. The molecule has 232 valence electrons. The molecule has 2 atom stereocenters. The number of benzene rings is 1. The van der Waals surface area contributed by atoms with Crippen LogP contribution < -0.4 is 16.3 Å². The number of piperazine rings is 1. The predicted molar refractivity (Wildman–Crippen MR) is 172 cm³/mol. The number of aromatic nitrogens is 5. The highest BCUT2D eigenvalue weighted by molar-refractivity contribution is 6.34. The smallest absolute Gasteiger partial charge is 0.355 e. The van der Waals surface area contributed by atoms with Crippen LogP contribution in [0, 0.1) is 12.7 Å². The van der Waals surface area contributed by atoms with E-state index < -0.39 is 11.5 Å². The van der Waals surface area contributed by atoms with Crippen LogP contribution in [0.3, 0.4) is 0 Å². The van der Waals surface area contributed by atoms with Crippen LogP contribution in [-0.4, -0.2) is 60.5 Å². The molecule has 1 aliphatic heterocycles. The first kappa shape index (κ1) is 29.3. The van der Waals surface area contributed by atoms with Gasteiger partial charge in [0.1, 0.15) is 17.5 Å². The average molecular weight is 629 g/mol. The molecule has 2 aliphatic carbocycles. The third-order valence-electron chi connectivity index (χ3n) is 9.00. The lowest BCUT2D eigenvalue weighted by molar-refractivity contribution is -0.128. The first-order valence-electron chi connectivity index (χ1n) is 15.3. The summed E-state index contributed by atoms with van der Waals surface area (Å²) in [6.07, 6.45) is 5.17. The predicted octanol–water partition coefficient (Wildman–Crippen LogP) is 5.29. The third-order valence-corrected chi connectivity index (χ3v) is 9.29. The van der Waals surface area contributed by atoms with E-state index in [4.69, 9.17) is 32.3 Å². The van der Waals surface area contributed by atoms with E-state index in [-0.39, 0.29) is 57.4 Å². The lowest BCUT2D eigenvalue weighted by Crippen LogP contribution is -2.58. The van der Waals surface area contributed by atoms with Crippen molar-refractivity contribution in [3.05, 3.63) is 75.5 Å². The summed E-state index contributed by atoms with van der Waals surface area (Å²) in [6, 6.07) is 5.72. The maximum atomic E-state index is 15.3. The first-order chi connectivity index (χ1) is 21.6. The van der Waals surface area contributed by atoms with Crippen molar-refractivity contribution in [3.63, 3.8) is 0 Å². The van der Waals surface area contributed by atoms with Crippen LogP contribution in [0.15, 0.2) is 41.7 Å². The van der Waals surface area contributed by atoms with Gasteiger partial charge in [-0.15, -0.1) is 0 Å². The van der Waals surface area contributed by atoms with Gasteiger partial charge in [-0.2, -0.15) is 4.98 Å². The van der Waals surface area contributed by atoms with Gasteiger partial charge in [0, 0.05) is 42.7 Å². The van der Waals surface area contributed by atoms with E-state index in [2.05, 4.69) is 11.6 Å². The Kier molecular flexibility index (Phi) is 7.11. The molecule has 0 spiro atoms. The highest BCUT2D eigenvalue weighted by atomic mass is 35.5. The SMILES string of the molecule is C=CC(=O)N1C[C@H](C)N(c2nc(=O)n(-c3c(C4CC4)nc(C)nc3C3CC3)c3nc(-c4c(N)cccc4F)c(Cl)cc23)C[C@H]1C. The molecule has 12 heteroatoms. The van der Waals surface area contributed by atoms with Crippen molar-refractivity contribution >= 4 is 40.0 Å². The number of aryl methyl sites for hydroxylation is 1. The molecule has 7 rings (SSSR count). The van der Waals surface area contributed by atoms with Gasteiger partial charge in [-0.25, -0.2) is 28.7 Å². The van der Waals surface area contributed by atoms with Crippen LogP contribution in [0.25, 0.3) is 28.0 Å².